The minimum Gasteiger partial charge on any atom is -0.622 e. The summed E-state index contributed by atoms with van der Waals surface area (Å²) >= 11 is 0.701. The van der Waals surface area contributed by atoms with Crippen molar-refractivity contribution >= 4 is 28.4 Å². The SMILES string of the molecule is CS(=O)(=O)CC1CO[P+]([O-])(OC[C@H]2O[C@H](OC[C@H]3OC(O)[C@H](O)[C@@H](O)[C@@H]3O)[C@H](O)[C@@H](O)[C@H]2O)S1. The molecule has 34 heavy (non-hydrogen) atoms. The van der Waals surface area contributed by atoms with E-state index in [1.54, 1.807) is 0 Å². The van der Waals surface area contributed by atoms with Gasteiger partial charge in [0.2, 0.25) is 0 Å². The second kappa shape index (κ2) is 11.3. The van der Waals surface area contributed by atoms with Crippen molar-refractivity contribution < 1.29 is 72.3 Å². The Morgan fingerprint density at radius 2 is 1.50 bits per heavy atom. The van der Waals surface area contributed by atoms with Crippen LogP contribution in [0.5, 0.6) is 0 Å². The van der Waals surface area contributed by atoms with Crippen LogP contribution in [-0.4, -0.2) is 143 Å². The predicted molar refractivity (Wildman–Crippen MR) is 111 cm³/mol. The maximum Gasteiger partial charge on any atom is 0.299 e. The number of aliphatic hydroxyl groups excluding tert-OH is 7. The Hall–Kier alpha value is 0.210. The molecular formula is C16H29O15PS2. The highest BCUT2D eigenvalue weighted by molar-refractivity contribution is 8.57. The van der Waals surface area contributed by atoms with Crippen LogP contribution in [0.25, 0.3) is 0 Å². The lowest BCUT2D eigenvalue weighted by atomic mass is 9.98. The molecular weight excluding hydrogens is 527 g/mol. The fourth-order valence-electron chi connectivity index (χ4n) is 3.52. The van der Waals surface area contributed by atoms with Gasteiger partial charge < -0.3 is 54.8 Å². The fraction of sp³-hybridized carbons (Fsp3) is 1.00. The third-order valence-corrected chi connectivity index (χ3v) is 10.7. The lowest BCUT2D eigenvalue weighted by Crippen LogP contribution is -2.61. The molecule has 3 rings (SSSR count). The van der Waals surface area contributed by atoms with Gasteiger partial charge in [0.25, 0.3) is 7.15 Å². The fourth-order valence-corrected chi connectivity index (χ4v) is 9.31. The van der Waals surface area contributed by atoms with Crippen molar-refractivity contribution in [2.24, 2.45) is 0 Å². The number of hydrogen-bond donors (Lipinski definition) is 7. The summed E-state index contributed by atoms with van der Waals surface area (Å²) in [6.07, 6.45) is -15.5. The van der Waals surface area contributed by atoms with Crippen LogP contribution in [-0.2, 0) is 33.1 Å². The first-order valence-corrected chi connectivity index (χ1v) is 15.2. The monoisotopic (exact) mass is 556 g/mol. The van der Waals surface area contributed by atoms with E-state index in [2.05, 4.69) is 0 Å². The van der Waals surface area contributed by atoms with Crippen LogP contribution in [0.4, 0.5) is 0 Å². The predicted octanol–water partition coefficient (Wildman–Crippen LogP) is -5.16. The normalized spacial score (nSPS) is 48.2. The Morgan fingerprint density at radius 1 is 0.912 bits per heavy atom. The number of aliphatic hydroxyl groups is 7. The van der Waals surface area contributed by atoms with E-state index < -0.39 is 96.9 Å². The molecule has 0 amide bonds. The Bertz CT molecular complexity index is 790. The average Bonchev–Trinajstić information content (AvgIpc) is 3.11. The van der Waals surface area contributed by atoms with Crippen molar-refractivity contribution in [1.82, 2.24) is 0 Å². The van der Waals surface area contributed by atoms with Crippen molar-refractivity contribution in [3.8, 4) is 0 Å². The lowest BCUT2D eigenvalue weighted by Gasteiger charge is -2.42. The molecule has 0 aromatic carbocycles. The van der Waals surface area contributed by atoms with Gasteiger partial charge in [-0.25, -0.2) is 8.42 Å². The van der Waals surface area contributed by atoms with Gasteiger partial charge in [0.15, 0.2) is 12.6 Å². The van der Waals surface area contributed by atoms with E-state index in [1.165, 1.54) is 0 Å². The van der Waals surface area contributed by atoms with Gasteiger partial charge in [0, 0.05) is 6.26 Å². The molecule has 18 heteroatoms. The van der Waals surface area contributed by atoms with E-state index in [1.807, 2.05) is 0 Å². The molecule has 0 saturated carbocycles. The van der Waals surface area contributed by atoms with E-state index in [-0.39, 0.29) is 12.4 Å². The molecule has 0 aromatic heterocycles. The zero-order chi connectivity index (χ0) is 25.4. The molecule has 3 fully saturated rings. The third kappa shape index (κ3) is 6.95. The van der Waals surface area contributed by atoms with Gasteiger partial charge in [-0.15, -0.1) is 0 Å². The summed E-state index contributed by atoms with van der Waals surface area (Å²) in [6, 6.07) is 0. The first-order chi connectivity index (χ1) is 15.7. The van der Waals surface area contributed by atoms with Crippen LogP contribution in [0.1, 0.15) is 0 Å². The quantitative estimate of drug-likeness (QED) is 0.138. The summed E-state index contributed by atoms with van der Waals surface area (Å²) in [6.45, 7) is -1.27. The van der Waals surface area contributed by atoms with Gasteiger partial charge in [0.05, 0.1) is 29.0 Å². The Labute approximate surface area is 199 Å². The van der Waals surface area contributed by atoms with E-state index >= 15 is 0 Å². The van der Waals surface area contributed by atoms with Crippen molar-refractivity contribution in [2.45, 2.75) is 66.7 Å². The minimum atomic E-state index is -3.78. The second-order valence-corrected chi connectivity index (χ2v) is 14.7. The van der Waals surface area contributed by atoms with Crippen LogP contribution in [0.2, 0.25) is 0 Å². The maximum absolute atomic E-state index is 12.7. The van der Waals surface area contributed by atoms with Gasteiger partial charge >= 0.3 is 0 Å². The molecule has 3 aliphatic rings. The van der Waals surface area contributed by atoms with Crippen LogP contribution in [0.15, 0.2) is 0 Å². The molecule has 12 atom stereocenters. The van der Waals surface area contributed by atoms with Crippen LogP contribution >= 0.6 is 18.5 Å². The van der Waals surface area contributed by atoms with Gasteiger partial charge in [-0.3, -0.25) is 0 Å². The summed E-state index contributed by atoms with van der Waals surface area (Å²) in [5.41, 5.74) is 0. The van der Waals surface area contributed by atoms with E-state index in [0.717, 1.165) is 6.26 Å². The van der Waals surface area contributed by atoms with Crippen molar-refractivity contribution in [2.75, 3.05) is 31.8 Å². The molecule has 0 aromatic rings. The first kappa shape index (κ1) is 28.8. The number of hydrogen-bond acceptors (Lipinski definition) is 16. The number of rotatable bonds is 8. The minimum absolute atomic E-state index is 0.133. The molecule has 7 N–H and O–H groups in total. The summed E-state index contributed by atoms with van der Waals surface area (Å²) in [4.78, 5) is 12.7. The summed E-state index contributed by atoms with van der Waals surface area (Å²) in [5.74, 6) is -0.274. The molecule has 3 aliphatic heterocycles. The highest BCUT2D eigenvalue weighted by atomic mass is 32.7. The summed E-state index contributed by atoms with van der Waals surface area (Å²) < 4.78 is 48.8. The molecule has 3 unspecified atom stereocenters. The standard InChI is InChI=1S/C16H29O15PS2/c1-34(25,26)5-6-2-28-32(24,33-6)29-4-8-10(18)12(20)14(22)16(31-8)27-3-7-9(17)11(19)13(21)15(23)30-7/h6-23H,2-5H2,1H3/t6?,7-,8-,9-,10+,11+,12+,13-,14-,15?,16+,32?/m1/s1. The molecule has 0 radical (unpaired) electrons. The second-order valence-electron chi connectivity index (χ2n) is 8.24. The molecule has 0 bridgehead atoms. The van der Waals surface area contributed by atoms with Crippen molar-refractivity contribution in [3.05, 3.63) is 0 Å². The molecule has 15 nitrogen and oxygen atoms in total. The Kier molecular flexibility index (Phi) is 9.57. The van der Waals surface area contributed by atoms with E-state index in [4.69, 9.17) is 23.3 Å². The van der Waals surface area contributed by atoms with E-state index in [0.29, 0.717) is 11.4 Å². The average molecular weight is 557 g/mol. The van der Waals surface area contributed by atoms with Crippen molar-refractivity contribution in [1.29, 1.82) is 0 Å². The molecule has 0 aliphatic carbocycles. The molecule has 200 valence electrons. The zero-order valence-electron chi connectivity index (χ0n) is 17.8. The first-order valence-electron chi connectivity index (χ1n) is 10.1. The van der Waals surface area contributed by atoms with Crippen LogP contribution < -0.4 is 4.89 Å². The van der Waals surface area contributed by atoms with Gasteiger partial charge in [0.1, 0.15) is 71.9 Å². The summed E-state index contributed by atoms with van der Waals surface area (Å²) in [7, 11) is -7.13. The zero-order valence-corrected chi connectivity index (χ0v) is 20.4. The van der Waals surface area contributed by atoms with E-state index in [9.17, 15) is 49.1 Å². The van der Waals surface area contributed by atoms with Gasteiger partial charge in [-0.2, -0.15) is 9.05 Å². The molecule has 3 saturated heterocycles. The maximum atomic E-state index is 12.7. The third-order valence-electron chi connectivity index (χ3n) is 5.36. The highest BCUT2D eigenvalue weighted by Crippen LogP contribution is 2.70. The Balaban J connectivity index is 1.55. The number of sulfone groups is 1. The summed E-state index contributed by atoms with van der Waals surface area (Å²) in [5, 5.41) is 68.7. The smallest absolute Gasteiger partial charge is 0.299 e. The van der Waals surface area contributed by atoms with Gasteiger partial charge in [-0.05, 0) is 0 Å². The topological polar surface area (TPSA) is 245 Å². The highest BCUT2D eigenvalue weighted by Gasteiger charge is 2.50. The molecule has 0 spiro atoms. The lowest BCUT2D eigenvalue weighted by molar-refractivity contribution is -0.326. The molecule has 3 heterocycles. The Morgan fingerprint density at radius 3 is 2.12 bits per heavy atom. The largest absolute Gasteiger partial charge is 0.622 e. The van der Waals surface area contributed by atoms with Crippen molar-refractivity contribution in [3.63, 3.8) is 0 Å². The van der Waals surface area contributed by atoms with Crippen LogP contribution in [0.3, 0.4) is 0 Å². The number of ether oxygens (including phenoxy) is 3. The van der Waals surface area contributed by atoms with Crippen LogP contribution in [0, 0.1) is 0 Å². The van der Waals surface area contributed by atoms with Gasteiger partial charge in [-0.1, -0.05) is 0 Å².